The van der Waals surface area contributed by atoms with E-state index in [2.05, 4.69) is 10.2 Å². The van der Waals surface area contributed by atoms with Crippen molar-refractivity contribution in [1.29, 1.82) is 0 Å². The fourth-order valence-electron chi connectivity index (χ4n) is 4.31. The number of para-hydroxylation sites is 2. The van der Waals surface area contributed by atoms with E-state index in [1.54, 1.807) is 18.2 Å². The standard InChI is InChI=1S/C30H26ClN3O3/c31-24-12-10-22(11-13-24)28-16-14-25(37-28)15-17-29(35)32-26-8-4-5-9-27(26)33-18-20-34(21-19-33)30(36)23-6-2-1-3-7-23/h1-17H,18-21H2,(H,32,35). The lowest BCUT2D eigenvalue weighted by molar-refractivity contribution is -0.111. The summed E-state index contributed by atoms with van der Waals surface area (Å²) in [7, 11) is 0. The molecule has 1 aliphatic heterocycles. The average Bonchev–Trinajstić information content (AvgIpc) is 3.42. The molecule has 6 nitrogen and oxygen atoms in total. The predicted octanol–water partition coefficient (Wildman–Crippen LogP) is 6.21. The van der Waals surface area contributed by atoms with E-state index in [1.807, 2.05) is 83.8 Å². The molecule has 7 heteroatoms. The number of benzene rings is 3. The number of piperazine rings is 1. The minimum atomic E-state index is -0.255. The highest BCUT2D eigenvalue weighted by molar-refractivity contribution is 6.30. The molecule has 1 N–H and O–H groups in total. The van der Waals surface area contributed by atoms with Crippen LogP contribution in [0.2, 0.25) is 5.02 Å². The number of halogens is 1. The molecule has 1 aliphatic rings. The Morgan fingerprint density at radius 1 is 0.811 bits per heavy atom. The molecule has 1 saturated heterocycles. The molecule has 37 heavy (non-hydrogen) atoms. The highest BCUT2D eigenvalue weighted by atomic mass is 35.5. The molecule has 3 aromatic carbocycles. The molecule has 2 heterocycles. The molecule has 0 atom stereocenters. The molecule has 0 spiro atoms. The summed E-state index contributed by atoms with van der Waals surface area (Å²) in [6.45, 7) is 2.59. The predicted molar refractivity (Wildman–Crippen MR) is 148 cm³/mol. The van der Waals surface area contributed by atoms with Gasteiger partial charge in [0.25, 0.3) is 5.91 Å². The molecule has 0 unspecified atom stereocenters. The summed E-state index contributed by atoms with van der Waals surface area (Å²) < 4.78 is 5.84. The van der Waals surface area contributed by atoms with Crippen molar-refractivity contribution >= 4 is 40.9 Å². The molecule has 5 rings (SSSR count). The smallest absolute Gasteiger partial charge is 0.253 e. The van der Waals surface area contributed by atoms with Crippen molar-refractivity contribution in [3.63, 3.8) is 0 Å². The topological polar surface area (TPSA) is 65.8 Å². The van der Waals surface area contributed by atoms with Gasteiger partial charge in [-0.05, 0) is 66.7 Å². The lowest BCUT2D eigenvalue weighted by Gasteiger charge is -2.37. The Hall–Kier alpha value is -4.29. The normalized spacial score (nSPS) is 13.6. The summed E-state index contributed by atoms with van der Waals surface area (Å²) >= 11 is 5.95. The molecular weight excluding hydrogens is 486 g/mol. The van der Waals surface area contributed by atoms with E-state index in [0.29, 0.717) is 48.3 Å². The summed E-state index contributed by atoms with van der Waals surface area (Å²) in [6, 6.07) is 28.1. The second-order valence-corrected chi connectivity index (χ2v) is 9.13. The van der Waals surface area contributed by atoms with Crippen molar-refractivity contribution in [2.24, 2.45) is 0 Å². The molecule has 0 radical (unpaired) electrons. The summed E-state index contributed by atoms with van der Waals surface area (Å²) in [5.41, 5.74) is 3.26. The minimum Gasteiger partial charge on any atom is -0.457 e. The highest BCUT2D eigenvalue weighted by Gasteiger charge is 2.23. The first kappa shape index (κ1) is 24.4. The quantitative estimate of drug-likeness (QED) is 0.312. The summed E-state index contributed by atoms with van der Waals surface area (Å²) in [6.07, 6.45) is 3.10. The molecule has 186 valence electrons. The Morgan fingerprint density at radius 3 is 2.27 bits per heavy atom. The maximum absolute atomic E-state index is 12.8. The van der Waals surface area contributed by atoms with Crippen LogP contribution in [0.4, 0.5) is 11.4 Å². The fraction of sp³-hybridized carbons (Fsp3) is 0.133. The second-order valence-electron chi connectivity index (χ2n) is 8.69. The average molecular weight is 512 g/mol. The minimum absolute atomic E-state index is 0.0455. The molecule has 1 aromatic heterocycles. The van der Waals surface area contributed by atoms with Gasteiger partial charge in [0.05, 0.1) is 11.4 Å². The van der Waals surface area contributed by atoms with Gasteiger partial charge in [-0.1, -0.05) is 41.9 Å². The van der Waals surface area contributed by atoms with Gasteiger partial charge >= 0.3 is 0 Å². The van der Waals surface area contributed by atoms with Gasteiger partial charge in [-0.2, -0.15) is 0 Å². The van der Waals surface area contributed by atoms with Crippen LogP contribution in [0.5, 0.6) is 0 Å². The van der Waals surface area contributed by atoms with Crippen molar-refractivity contribution in [2.45, 2.75) is 0 Å². The molecule has 1 fully saturated rings. The Balaban J connectivity index is 1.20. The Bertz CT molecular complexity index is 1410. The van der Waals surface area contributed by atoms with Crippen LogP contribution in [-0.4, -0.2) is 42.9 Å². The van der Waals surface area contributed by atoms with Crippen molar-refractivity contribution in [2.75, 3.05) is 36.4 Å². The molecule has 0 saturated carbocycles. The number of furan rings is 1. The van der Waals surface area contributed by atoms with Crippen LogP contribution in [0.1, 0.15) is 16.1 Å². The number of hydrogen-bond donors (Lipinski definition) is 1. The molecule has 0 bridgehead atoms. The largest absolute Gasteiger partial charge is 0.457 e. The van der Waals surface area contributed by atoms with Crippen molar-refractivity contribution in [3.8, 4) is 11.3 Å². The number of nitrogens with zero attached hydrogens (tertiary/aromatic N) is 2. The zero-order valence-electron chi connectivity index (χ0n) is 20.1. The van der Waals surface area contributed by atoms with Crippen LogP contribution < -0.4 is 10.2 Å². The first-order chi connectivity index (χ1) is 18.1. The van der Waals surface area contributed by atoms with E-state index in [-0.39, 0.29) is 11.8 Å². The van der Waals surface area contributed by atoms with Crippen LogP contribution >= 0.6 is 11.6 Å². The number of hydrogen-bond acceptors (Lipinski definition) is 4. The van der Waals surface area contributed by atoms with E-state index in [1.165, 1.54) is 6.08 Å². The van der Waals surface area contributed by atoms with Crippen LogP contribution in [0.3, 0.4) is 0 Å². The molecule has 2 amide bonds. The third-order valence-electron chi connectivity index (χ3n) is 6.24. The van der Waals surface area contributed by atoms with Crippen LogP contribution in [0.25, 0.3) is 17.4 Å². The molecule has 0 aliphatic carbocycles. The Kier molecular flexibility index (Phi) is 7.38. The monoisotopic (exact) mass is 511 g/mol. The summed E-state index contributed by atoms with van der Waals surface area (Å²) in [5.74, 6) is 1.07. The SMILES string of the molecule is O=C(C=Cc1ccc(-c2ccc(Cl)cc2)o1)Nc1ccccc1N1CCN(C(=O)c2ccccc2)CC1. The van der Waals surface area contributed by atoms with Gasteiger partial charge in [0.2, 0.25) is 5.91 Å². The fourth-order valence-corrected chi connectivity index (χ4v) is 4.44. The number of amides is 2. The van der Waals surface area contributed by atoms with Gasteiger partial charge in [0, 0.05) is 48.4 Å². The summed E-state index contributed by atoms with van der Waals surface area (Å²) in [4.78, 5) is 29.5. The lowest BCUT2D eigenvalue weighted by Crippen LogP contribution is -2.49. The number of carbonyl (C=O) groups is 2. The van der Waals surface area contributed by atoms with E-state index in [9.17, 15) is 9.59 Å². The highest BCUT2D eigenvalue weighted by Crippen LogP contribution is 2.28. The second kappa shape index (κ2) is 11.2. The number of carbonyl (C=O) groups excluding carboxylic acids is 2. The van der Waals surface area contributed by atoms with Gasteiger partial charge in [0.1, 0.15) is 11.5 Å². The Morgan fingerprint density at radius 2 is 1.51 bits per heavy atom. The van der Waals surface area contributed by atoms with E-state index in [0.717, 1.165) is 16.9 Å². The first-order valence-corrected chi connectivity index (χ1v) is 12.5. The first-order valence-electron chi connectivity index (χ1n) is 12.1. The zero-order chi connectivity index (χ0) is 25.6. The third-order valence-corrected chi connectivity index (χ3v) is 6.50. The number of nitrogens with one attached hydrogen (secondary N) is 1. The van der Waals surface area contributed by atoms with Gasteiger partial charge in [-0.3, -0.25) is 9.59 Å². The maximum atomic E-state index is 12.8. The molecular formula is C30H26ClN3O3. The van der Waals surface area contributed by atoms with Gasteiger partial charge in [0.15, 0.2) is 0 Å². The van der Waals surface area contributed by atoms with Gasteiger partial charge < -0.3 is 19.5 Å². The van der Waals surface area contributed by atoms with Gasteiger partial charge in [-0.15, -0.1) is 0 Å². The van der Waals surface area contributed by atoms with Crippen LogP contribution in [0, 0.1) is 0 Å². The van der Waals surface area contributed by atoms with Crippen molar-refractivity contribution in [1.82, 2.24) is 4.90 Å². The Labute approximate surface area is 220 Å². The van der Waals surface area contributed by atoms with Crippen molar-refractivity contribution in [3.05, 3.63) is 113 Å². The molecule has 4 aromatic rings. The van der Waals surface area contributed by atoms with Gasteiger partial charge in [-0.25, -0.2) is 0 Å². The maximum Gasteiger partial charge on any atom is 0.253 e. The lowest BCUT2D eigenvalue weighted by atomic mass is 10.1. The number of rotatable bonds is 6. The van der Waals surface area contributed by atoms with E-state index >= 15 is 0 Å². The van der Waals surface area contributed by atoms with Crippen LogP contribution in [0.15, 0.2) is 101 Å². The zero-order valence-corrected chi connectivity index (χ0v) is 20.9. The van der Waals surface area contributed by atoms with Crippen molar-refractivity contribution < 1.29 is 14.0 Å². The summed E-state index contributed by atoms with van der Waals surface area (Å²) in [5, 5.41) is 3.64. The van der Waals surface area contributed by atoms with E-state index in [4.69, 9.17) is 16.0 Å². The number of anilines is 2. The van der Waals surface area contributed by atoms with Crippen LogP contribution in [-0.2, 0) is 4.79 Å². The third kappa shape index (κ3) is 5.93. The van der Waals surface area contributed by atoms with E-state index < -0.39 is 0 Å².